The van der Waals surface area contributed by atoms with E-state index in [4.69, 9.17) is 0 Å². The van der Waals surface area contributed by atoms with E-state index in [1.807, 2.05) is 0 Å². The van der Waals surface area contributed by atoms with Crippen LogP contribution in [-0.4, -0.2) is 60.0 Å². The molecule has 1 aromatic carbocycles. The number of hydrogen-bond donors (Lipinski definition) is 1. The van der Waals surface area contributed by atoms with Gasteiger partial charge in [0.05, 0.1) is 30.2 Å². The van der Waals surface area contributed by atoms with Crippen molar-refractivity contribution in [2.75, 3.05) is 29.5 Å². The van der Waals surface area contributed by atoms with E-state index in [1.165, 1.54) is 12.1 Å². The van der Waals surface area contributed by atoms with E-state index in [0.717, 1.165) is 0 Å². The zero-order chi connectivity index (χ0) is 21.8. The summed E-state index contributed by atoms with van der Waals surface area (Å²) in [5.41, 5.74) is -0.0160. The summed E-state index contributed by atoms with van der Waals surface area (Å²) in [5.74, 6) is -1.94. The average Bonchev–Trinajstić information content (AvgIpc) is 3.31. The van der Waals surface area contributed by atoms with Crippen molar-refractivity contribution in [3.63, 3.8) is 0 Å². The number of nitrogens with one attached hydrogen (secondary N) is 1. The summed E-state index contributed by atoms with van der Waals surface area (Å²) < 4.78 is 54.6. The quantitative estimate of drug-likeness (QED) is 0.752. The molecule has 0 radical (unpaired) electrons. The fraction of sp³-hybridized carbons (Fsp3) is 0.550. The first-order chi connectivity index (χ1) is 14.7. The number of benzene rings is 1. The predicted molar refractivity (Wildman–Crippen MR) is 108 cm³/mol. The number of carbonyl (C=O) groups excluding carboxylic acids is 1. The van der Waals surface area contributed by atoms with E-state index in [9.17, 15) is 22.0 Å². The number of anilines is 1. The smallest absolute Gasteiger partial charge is 0.227 e. The number of nitrogens with zero attached hydrogens (tertiary/aromatic N) is 4. The maximum Gasteiger partial charge on any atom is 0.227 e. The molecule has 1 aromatic heterocycles. The molecule has 31 heavy (non-hydrogen) atoms. The lowest BCUT2D eigenvalue weighted by Gasteiger charge is -2.47. The summed E-state index contributed by atoms with van der Waals surface area (Å²) in [7, 11) is -2.94. The van der Waals surface area contributed by atoms with Gasteiger partial charge in [-0.1, -0.05) is 5.21 Å². The number of sulfone groups is 1. The van der Waals surface area contributed by atoms with Crippen LogP contribution in [0.15, 0.2) is 24.5 Å². The van der Waals surface area contributed by atoms with E-state index in [2.05, 4.69) is 15.6 Å². The Kier molecular flexibility index (Phi) is 4.76. The molecule has 0 saturated carbocycles. The third kappa shape index (κ3) is 3.79. The van der Waals surface area contributed by atoms with Crippen molar-refractivity contribution < 1.29 is 22.0 Å². The lowest BCUT2D eigenvalue weighted by molar-refractivity contribution is -0.120. The van der Waals surface area contributed by atoms with E-state index in [0.29, 0.717) is 44.5 Å². The van der Waals surface area contributed by atoms with E-state index >= 15 is 0 Å². The average molecular weight is 451 g/mol. The Morgan fingerprint density at radius 1 is 1.16 bits per heavy atom. The molecule has 4 heterocycles. The molecule has 0 bridgehead atoms. The Bertz CT molecular complexity index is 1080. The molecular weight excluding hydrogens is 428 g/mol. The SMILES string of the molecule is O=C1NC(Cn2ccnn2)C[C@@H]1c1cc(F)c(N2CCC3(CC2)CS(=O)(=O)C3)c(F)c1. The van der Waals surface area contributed by atoms with E-state index in [-0.39, 0.29) is 34.6 Å². The van der Waals surface area contributed by atoms with Crippen LogP contribution >= 0.6 is 0 Å². The minimum Gasteiger partial charge on any atom is -0.367 e. The highest BCUT2D eigenvalue weighted by Crippen LogP contribution is 2.44. The highest BCUT2D eigenvalue weighted by molar-refractivity contribution is 7.92. The molecule has 3 fully saturated rings. The normalized spacial score (nSPS) is 26.6. The van der Waals surface area contributed by atoms with Crippen LogP contribution in [-0.2, 0) is 21.2 Å². The van der Waals surface area contributed by atoms with Crippen LogP contribution < -0.4 is 10.2 Å². The lowest BCUT2D eigenvalue weighted by Crippen LogP contribution is -2.54. The van der Waals surface area contributed by atoms with Gasteiger partial charge in [-0.15, -0.1) is 5.10 Å². The van der Waals surface area contributed by atoms with Gasteiger partial charge in [0.2, 0.25) is 5.91 Å². The zero-order valence-corrected chi connectivity index (χ0v) is 17.6. The Morgan fingerprint density at radius 2 is 1.84 bits per heavy atom. The van der Waals surface area contributed by atoms with Crippen molar-refractivity contribution in [3.05, 3.63) is 41.7 Å². The van der Waals surface area contributed by atoms with Crippen molar-refractivity contribution >= 4 is 21.4 Å². The molecule has 166 valence electrons. The second kappa shape index (κ2) is 7.25. The van der Waals surface area contributed by atoms with Gasteiger partial charge in [-0.25, -0.2) is 17.2 Å². The number of amides is 1. The molecule has 3 aliphatic rings. The maximum absolute atomic E-state index is 15.0. The van der Waals surface area contributed by atoms with Gasteiger partial charge >= 0.3 is 0 Å². The first kappa shape index (κ1) is 20.3. The Labute approximate surface area is 178 Å². The maximum atomic E-state index is 15.0. The first-order valence-electron chi connectivity index (χ1n) is 10.3. The molecule has 8 nitrogen and oxygen atoms in total. The number of aromatic nitrogens is 3. The van der Waals surface area contributed by atoms with Crippen LogP contribution in [0.3, 0.4) is 0 Å². The summed E-state index contributed by atoms with van der Waals surface area (Å²) in [6.07, 6.45) is 4.85. The van der Waals surface area contributed by atoms with Crippen LogP contribution in [0.5, 0.6) is 0 Å². The van der Waals surface area contributed by atoms with Crippen molar-refractivity contribution in [2.24, 2.45) is 5.41 Å². The molecule has 3 aliphatic heterocycles. The van der Waals surface area contributed by atoms with E-state index in [1.54, 1.807) is 22.0 Å². The highest BCUT2D eigenvalue weighted by atomic mass is 32.2. The second-order valence-electron chi connectivity index (χ2n) is 8.97. The van der Waals surface area contributed by atoms with Crippen LogP contribution in [0.2, 0.25) is 0 Å². The molecule has 0 aliphatic carbocycles. The fourth-order valence-electron chi connectivity index (χ4n) is 5.19. The molecular formula is C20H23F2N5O3S. The molecule has 2 aromatic rings. The number of halogens is 2. The van der Waals surface area contributed by atoms with Gasteiger partial charge in [0.25, 0.3) is 0 Å². The van der Waals surface area contributed by atoms with Gasteiger partial charge < -0.3 is 10.2 Å². The van der Waals surface area contributed by atoms with Gasteiger partial charge in [0.1, 0.15) is 17.3 Å². The van der Waals surface area contributed by atoms with Crippen molar-refractivity contribution in [1.29, 1.82) is 0 Å². The Morgan fingerprint density at radius 3 is 2.42 bits per heavy atom. The van der Waals surface area contributed by atoms with Crippen LogP contribution in [0, 0.1) is 17.0 Å². The van der Waals surface area contributed by atoms with Gasteiger partial charge in [-0.05, 0) is 37.0 Å². The molecule has 11 heteroatoms. The molecule has 1 N–H and O–H groups in total. The standard InChI is InChI=1S/C20H23F2N5O3S/c21-16-7-13(15-9-14(24-19(15)28)10-27-6-3-23-25-27)8-17(22)18(16)26-4-1-20(2-5-26)11-31(29,30)12-20/h3,6-8,14-15H,1-2,4-5,9-12H2,(H,24,28)/t14?,15-/m1/s1. The van der Waals surface area contributed by atoms with Crippen molar-refractivity contribution in [3.8, 4) is 0 Å². The molecule has 5 rings (SSSR count). The Balaban J connectivity index is 1.29. The first-order valence-corrected chi connectivity index (χ1v) is 12.1. The molecule has 1 spiro atoms. The van der Waals surface area contributed by atoms with Gasteiger partial charge in [-0.3, -0.25) is 9.48 Å². The minimum absolute atomic E-state index is 0.0987. The highest BCUT2D eigenvalue weighted by Gasteiger charge is 2.50. The van der Waals surface area contributed by atoms with Gasteiger partial charge in [-0.2, -0.15) is 0 Å². The summed E-state index contributed by atoms with van der Waals surface area (Å²) >= 11 is 0. The number of rotatable bonds is 4. The van der Waals surface area contributed by atoms with Crippen molar-refractivity contribution in [2.45, 2.75) is 37.8 Å². The molecule has 2 atom stereocenters. The molecule has 3 saturated heterocycles. The molecule has 1 unspecified atom stereocenters. The Hall–Kier alpha value is -2.56. The molecule has 1 amide bonds. The summed E-state index contributed by atoms with van der Waals surface area (Å²) in [6.45, 7) is 1.26. The lowest BCUT2D eigenvalue weighted by atomic mass is 9.81. The monoisotopic (exact) mass is 451 g/mol. The summed E-state index contributed by atoms with van der Waals surface area (Å²) in [5, 5.41) is 10.5. The third-order valence-electron chi connectivity index (χ3n) is 6.70. The topological polar surface area (TPSA) is 97.2 Å². The summed E-state index contributed by atoms with van der Waals surface area (Å²) in [4.78, 5) is 14.1. The third-order valence-corrected chi connectivity index (χ3v) is 8.80. The number of carbonyl (C=O) groups is 1. The zero-order valence-electron chi connectivity index (χ0n) is 16.8. The second-order valence-corrected chi connectivity index (χ2v) is 11.0. The van der Waals surface area contributed by atoms with Crippen LogP contribution in [0.25, 0.3) is 0 Å². The number of hydrogen-bond acceptors (Lipinski definition) is 6. The van der Waals surface area contributed by atoms with Gasteiger partial charge in [0, 0.05) is 30.7 Å². The number of piperidine rings is 1. The van der Waals surface area contributed by atoms with Gasteiger partial charge in [0.15, 0.2) is 9.84 Å². The minimum atomic E-state index is -2.94. The predicted octanol–water partition coefficient (Wildman–Crippen LogP) is 1.24. The van der Waals surface area contributed by atoms with E-state index < -0.39 is 27.4 Å². The fourth-order valence-corrected chi connectivity index (χ4v) is 7.55. The summed E-state index contributed by atoms with van der Waals surface area (Å²) in [6, 6.07) is 2.30. The van der Waals surface area contributed by atoms with Crippen LogP contribution in [0.4, 0.5) is 14.5 Å². The van der Waals surface area contributed by atoms with Crippen molar-refractivity contribution in [1.82, 2.24) is 20.3 Å². The van der Waals surface area contributed by atoms with Crippen LogP contribution in [0.1, 0.15) is 30.7 Å². The largest absolute Gasteiger partial charge is 0.367 e.